The first-order valence-corrected chi connectivity index (χ1v) is 3.84. The Kier molecular flexibility index (Phi) is 2.41. The molecule has 0 radical (unpaired) electrons. The Morgan fingerprint density at radius 2 is 2.27 bits per heavy atom. The molecule has 0 saturated carbocycles. The van der Waals surface area contributed by atoms with Crippen LogP contribution in [0, 0.1) is 5.41 Å². The van der Waals surface area contributed by atoms with Crippen molar-refractivity contribution in [2.45, 2.75) is 19.8 Å². The van der Waals surface area contributed by atoms with E-state index in [0.29, 0.717) is 12.4 Å². The van der Waals surface area contributed by atoms with Crippen LogP contribution < -0.4 is 0 Å². The molecule has 3 heteroatoms. The van der Waals surface area contributed by atoms with Crippen LogP contribution in [0.15, 0.2) is 12.2 Å². The van der Waals surface area contributed by atoms with E-state index in [0.717, 1.165) is 12.8 Å². The average molecular weight is 152 g/mol. The summed E-state index contributed by atoms with van der Waals surface area (Å²) in [6.45, 7) is 2.75. The van der Waals surface area contributed by atoms with E-state index in [-0.39, 0.29) is 5.91 Å². The number of nitrogens with zero attached hydrogens (tertiary/aromatic N) is 1. The normalized spacial score (nSPS) is 16.6. The summed E-state index contributed by atoms with van der Waals surface area (Å²) in [6.07, 6.45) is 5.00. The Hall–Kier alpha value is -1.12. The van der Waals surface area contributed by atoms with Gasteiger partial charge in [-0.25, -0.2) is 0 Å². The van der Waals surface area contributed by atoms with Crippen LogP contribution in [0.25, 0.3) is 0 Å². The van der Waals surface area contributed by atoms with Crippen molar-refractivity contribution in [3.8, 4) is 0 Å². The Bertz CT molecular complexity index is 190. The van der Waals surface area contributed by atoms with Crippen LogP contribution in [0.4, 0.5) is 0 Å². The highest BCUT2D eigenvalue weighted by atomic mass is 16.2. The lowest BCUT2D eigenvalue weighted by Gasteiger charge is -2.14. The second-order valence-corrected chi connectivity index (χ2v) is 2.56. The summed E-state index contributed by atoms with van der Waals surface area (Å²) in [4.78, 5) is 12.5. The van der Waals surface area contributed by atoms with Crippen molar-refractivity contribution in [3.05, 3.63) is 12.2 Å². The van der Waals surface area contributed by atoms with Gasteiger partial charge in [0, 0.05) is 12.6 Å². The summed E-state index contributed by atoms with van der Waals surface area (Å²) in [5.41, 5.74) is 0. The molecule has 60 valence electrons. The quantitative estimate of drug-likeness (QED) is 0.648. The van der Waals surface area contributed by atoms with Gasteiger partial charge in [-0.15, -0.1) is 0 Å². The minimum atomic E-state index is -0.0524. The SMILES string of the molecule is CCCCN1C(=N)C=CC1=O. The van der Waals surface area contributed by atoms with Gasteiger partial charge in [-0.2, -0.15) is 0 Å². The van der Waals surface area contributed by atoms with Crippen molar-refractivity contribution in [3.63, 3.8) is 0 Å². The molecule has 0 aromatic heterocycles. The molecule has 0 aromatic rings. The second kappa shape index (κ2) is 3.32. The zero-order chi connectivity index (χ0) is 8.27. The van der Waals surface area contributed by atoms with E-state index in [2.05, 4.69) is 6.92 Å². The third-order valence-corrected chi connectivity index (χ3v) is 1.68. The van der Waals surface area contributed by atoms with E-state index >= 15 is 0 Å². The molecule has 1 amide bonds. The van der Waals surface area contributed by atoms with Crippen LogP contribution >= 0.6 is 0 Å². The predicted octanol–water partition coefficient (Wildman–Crippen LogP) is 1.16. The summed E-state index contributed by atoms with van der Waals surface area (Å²) < 4.78 is 0. The standard InChI is InChI=1S/C8H12N2O/c1-2-3-6-10-7(9)4-5-8(10)11/h4-5,9H,2-3,6H2,1H3. The number of amidine groups is 1. The second-order valence-electron chi connectivity index (χ2n) is 2.56. The van der Waals surface area contributed by atoms with Crippen molar-refractivity contribution >= 4 is 11.7 Å². The van der Waals surface area contributed by atoms with Gasteiger partial charge in [0.1, 0.15) is 5.84 Å². The predicted molar refractivity (Wildman–Crippen MR) is 43.5 cm³/mol. The number of nitrogens with one attached hydrogen (secondary N) is 1. The zero-order valence-electron chi connectivity index (χ0n) is 6.63. The summed E-state index contributed by atoms with van der Waals surface area (Å²) in [7, 11) is 0. The van der Waals surface area contributed by atoms with E-state index in [1.165, 1.54) is 17.1 Å². The number of hydrogen-bond donors (Lipinski definition) is 1. The van der Waals surface area contributed by atoms with Gasteiger partial charge in [-0.1, -0.05) is 13.3 Å². The van der Waals surface area contributed by atoms with Gasteiger partial charge in [0.2, 0.25) is 0 Å². The highest BCUT2D eigenvalue weighted by Crippen LogP contribution is 2.04. The fourth-order valence-corrected chi connectivity index (χ4v) is 0.996. The fraction of sp³-hybridized carbons (Fsp3) is 0.500. The highest BCUT2D eigenvalue weighted by Gasteiger charge is 2.18. The van der Waals surface area contributed by atoms with Crippen molar-refractivity contribution in [2.24, 2.45) is 0 Å². The fourth-order valence-electron chi connectivity index (χ4n) is 0.996. The molecule has 0 atom stereocenters. The molecule has 0 unspecified atom stereocenters. The molecule has 1 aliphatic heterocycles. The summed E-state index contributed by atoms with van der Waals surface area (Å²) in [6, 6.07) is 0. The molecule has 0 bridgehead atoms. The Morgan fingerprint density at radius 3 is 2.73 bits per heavy atom. The molecule has 1 aliphatic rings. The van der Waals surface area contributed by atoms with Crippen molar-refractivity contribution in [1.82, 2.24) is 4.90 Å². The molecule has 1 N–H and O–H groups in total. The monoisotopic (exact) mass is 152 g/mol. The Labute approximate surface area is 66.2 Å². The van der Waals surface area contributed by atoms with Crippen molar-refractivity contribution < 1.29 is 4.79 Å². The maximum atomic E-state index is 11.0. The zero-order valence-corrected chi connectivity index (χ0v) is 6.63. The maximum Gasteiger partial charge on any atom is 0.252 e. The maximum absolute atomic E-state index is 11.0. The van der Waals surface area contributed by atoms with Gasteiger partial charge >= 0.3 is 0 Å². The molecule has 1 heterocycles. The lowest BCUT2D eigenvalue weighted by Crippen LogP contribution is -2.30. The van der Waals surface area contributed by atoms with E-state index in [4.69, 9.17) is 5.41 Å². The Balaban J connectivity index is 2.46. The number of carbonyl (C=O) groups excluding carboxylic acids is 1. The van der Waals surface area contributed by atoms with Crippen molar-refractivity contribution in [2.75, 3.05) is 6.54 Å². The van der Waals surface area contributed by atoms with Gasteiger partial charge in [-0.05, 0) is 12.5 Å². The number of hydrogen-bond acceptors (Lipinski definition) is 2. The number of carbonyl (C=O) groups is 1. The van der Waals surface area contributed by atoms with Crippen LogP contribution in [-0.4, -0.2) is 23.2 Å². The molecule has 0 aromatic carbocycles. The highest BCUT2D eigenvalue weighted by molar-refractivity contribution is 6.14. The van der Waals surface area contributed by atoms with Crippen LogP contribution in [-0.2, 0) is 4.79 Å². The van der Waals surface area contributed by atoms with E-state index in [9.17, 15) is 4.79 Å². The lowest BCUT2D eigenvalue weighted by atomic mass is 10.3. The van der Waals surface area contributed by atoms with Gasteiger partial charge in [0.15, 0.2) is 0 Å². The number of unbranched alkanes of at least 4 members (excludes halogenated alkanes) is 1. The first kappa shape index (κ1) is 7.98. The van der Waals surface area contributed by atoms with E-state index < -0.39 is 0 Å². The molecule has 0 saturated heterocycles. The third kappa shape index (κ3) is 1.67. The Morgan fingerprint density at radius 1 is 1.55 bits per heavy atom. The van der Waals surface area contributed by atoms with Gasteiger partial charge in [-0.3, -0.25) is 15.1 Å². The van der Waals surface area contributed by atoms with E-state index in [1.54, 1.807) is 0 Å². The smallest absolute Gasteiger partial charge is 0.252 e. The first-order chi connectivity index (χ1) is 5.25. The van der Waals surface area contributed by atoms with Gasteiger partial charge in [0.25, 0.3) is 5.91 Å². The topological polar surface area (TPSA) is 44.2 Å². The van der Waals surface area contributed by atoms with Crippen LogP contribution in [0.2, 0.25) is 0 Å². The summed E-state index contributed by atoms with van der Waals surface area (Å²) >= 11 is 0. The average Bonchev–Trinajstić information content (AvgIpc) is 2.29. The molecule has 0 spiro atoms. The largest absolute Gasteiger partial charge is 0.294 e. The molecule has 1 rings (SSSR count). The molecule has 0 aliphatic carbocycles. The van der Waals surface area contributed by atoms with Gasteiger partial charge < -0.3 is 0 Å². The van der Waals surface area contributed by atoms with Crippen LogP contribution in [0.1, 0.15) is 19.8 Å². The third-order valence-electron chi connectivity index (χ3n) is 1.68. The van der Waals surface area contributed by atoms with Crippen LogP contribution in [0.5, 0.6) is 0 Å². The summed E-state index contributed by atoms with van der Waals surface area (Å²) in [5.74, 6) is 0.270. The summed E-state index contributed by atoms with van der Waals surface area (Å²) in [5, 5.41) is 7.33. The number of rotatable bonds is 3. The molecule has 11 heavy (non-hydrogen) atoms. The number of amides is 1. The molecule has 0 fully saturated rings. The minimum absolute atomic E-state index is 0.0524. The van der Waals surface area contributed by atoms with Crippen molar-refractivity contribution in [1.29, 1.82) is 5.41 Å². The molecule has 3 nitrogen and oxygen atoms in total. The lowest BCUT2D eigenvalue weighted by molar-refractivity contribution is -0.121. The molecular formula is C8H12N2O. The minimum Gasteiger partial charge on any atom is -0.294 e. The van der Waals surface area contributed by atoms with Crippen LogP contribution in [0.3, 0.4) is 0 Å². The molecular weight excluding hydrogens is 140 g/mol. The van der Waals surface area contributed by atoms with Gasteiger partial charge in [0.05, 0.1) is 0 Å². The van der Waals surface area contributed by atoms with E-state index in [1.807, 2.05) is 0 Å². The first-order valence-electron chi connectivity index (χ1n) is 3.84.